The molecule has 4 N–H and O–H groups in total. The standard InChI is InChI=1S/C16H23ClF3N5/c17-12-4-3-11(16(18,19)20)7-13(12)24-15(10-23-15)9-22-14(21)8-25-5-1-2-6-25/h7,23-24H,1-6,8-10H2,(H2,21,22). The Labute approximate surface area is 150 Å². The number of hydrogen-bond acceptors (Lipinski definition) is 4. The molecule has 0 spiro atoms. The molecule has 1 atom stereocenters. The number of amidine groups is 1. The van der Waals surface area contributed by atoms with Crippen molar-refractivity contribution >= 4 is 17.4 Å². The van der Waals surface area contributed by atoms with E-state index in [1.165, 1.54) is 12.8 Å². The lowest BCUT2D eigenvalue weighted by molar-refractivity contribution is -0.0942. The maximum Gasteiger partial charge on any atom is 0.412 e. The molecule has 3 rings (SSSR count). The molecule has 1 aliphatic carbocycles. The Morgan fingerprint density at radius 3 is 2.64 bits per heavy atom. The van der Waals surface area contributed by atoms with Crippen molar-refractivity contribution in [2.24, 2.45) is 10.7 Å². The van der Waals surface area contributed by atoms with Crippen molar-refractivity contribution in [1.29, 1.82) is 0 Å². The van der Waals surface area contributed by atoms with E-state index in [0.717, 1.165) is 19.2 Å². The van der Waals surface area contributed by atoms with Crippen molar-refractivity contribution in [3.05, 3.63) is 22.4 Å². The first-order chi connectivity index (χ1) is 11.8. The Kier molecular flexibility index (Phi) is 5.31. The number of hydrogen-bond donors (Lipinski definition) is 3. The van der Waals surface area contributed by atoms with E-state index in [4.69, 9.17) is 17.3 Å². The number of nitrogens with zero attached hydrogens (tertiary/aromatic N) is 2. The number of allylic oxidation sites excluding steroid dienone is 3. The average molecular weight is 378 g/mol. The molecule has 3 aliphatic rings. The maximum atomic E-state index is 12.9. The van der Waals surface area contributed by atoms with Gasteiger partial charge in [-0.15, -0.1) is 0 Å². The fourth-order valence-corrected chi connectivity index (χ4v) is 3.29. The molecule has 1 unspecified atom stereocenters. The van der Waals surface area contributed by atoms with Crippen LogP contribution in [0.4, 0.5) is 13.2 Å². The second kappa shape index (κ2) is 7.17. The van der Waals surface area contributed by atoms with Crippen molar-refractivity contribution in [1.82, 2.24) is 15.5 Å². The van der Waals surface area contributed by atoms with Crippen molar-refractivity contribution in [3.8, 4) is 0 Å². The van der Waals surface area contributed by atoms with Crippen molar-refractivity contribution in [2.75, 3.05) is 32.7 Å². The summed E-state index contributed by atoms with van der Waals surface area (Å²) in [6, 6.07) is 0. The highest BCUT2D eigenvalue weighted by Gasteiger charge is 2.44. The van der Waals surface area contributed by atoms with Crippen molar-refractivity contribution in [2.45, 2.75) is 37.5 Å². The highest BCUT2D eigenvalue weighted by atomic mass is 35.5. The second-order valence-electron chi connectivity index (χ2n) is 6.84. The van der Waals surface area contributed by atoms with E-state index >= 15 is 0 Å². The van der Waals surface area contributed by atoms with Gasteiger partial charge in [-0.1, -0.05) is 11.6 Å². The van der Waals surface area contributed by atoms with Gasteiger partial charge in [-0.05, 0) is 44.8 Å². The molecule has 0 aromatic rings. The Morgan fingerprint density at radius 1 is 1.36 bits per heavy atom. The molecule has 2 heterocycles. The van der Waals surface area contributed by atoms with Gasteiger partial charge in [0.15, 0.2) is 0 Å². The first-order valence-corrected chi connectivity index (χ1v) is 8.86. The van der Waals surface area contributed by atoms with Crippen LogP contribution < -0.4 is 16.4 Å². The summed E-state index contributed by atoms with van der Waals surface area (Å²) >= 11 is 6.12. The Bertz CT molecular complexity index is 601. The second-order valence-corrected chi connectivity index (χ2v) is 7.29. The maximum absolute atomic E-state index is 12.9. The molecule has 5 nitrogen and oxygen atoms in total. The summed E-state index contributed by atoms with van der Waals surface area (Å²) < 4.78 is 38.8. The molecule has 9 heteroatoms. The van der Waals surface area contributed by atoms with Crippen LogP contribution in [-0.4, -0.2) is 55.3 Å². The van der Waals surface area contributed by atoms with Crippen molar-refractivity contribution in [3.63, 3.8) is 0 Å². The molecule has 0 aromatic carbocycles. The first kappa shape index (κ1) is 18.5. The van der Waals surface area contributed by atoms with Gasteiger partial charge in [0.25, 0.3) is 0 Å². The van der Waals surface area contributed by atoms with Crippen LogP contribution >= 0.6 is 11.6 Å². The molecule has 0 amide bonds. The largest absolute Gasteiger partial charge is 0.412 e. The fraction of sp³-hybridized carbons (Fsp3) is 0.688. The SMILES string of the molecule is NC(CN1CCCC1)=NCC1(NC2=C(Cl)CCC(C(F)(F)F)=C2)CN1. The molecule has 2 saturated heterocycles. The minimum absolute atomic E-state index is 0.0884. The third-order valence-corrected chi connectivity index (χ3v) is 5.10. The summed E-state index contributed by atoms with van der Waals surface area (Å²) in [4.78, 5) is 6.65. The van der Waals surface area contributed by atoms with Crippen LogP contribution in [0.2, 0.25) is 0 Å². The minimum atomic E-state index is -4.33. The monoisotopic (exact) mass is 377 g/mol. The smallest absolute Gasteiger partial charge is 0.386 e. The highest BCUT2D eigenvalue weighted by molar-refractivity contribution is 6.30. The number of alkyl halides is 3. The van der Waals surface area contributed by atoms with Gasteiger partial charge in [-0.2, -0.15) is 13.2 Å². The van der Waals surface area contributed by atoms with Crippen LogP contribution in [0, 0.1) is 0 Å². The predicted octanol–water partition coefficient (Wildman–Crippen LogP) is 2.06. The van der Waals surface area contributed by atoms with Gasteiger partial charge in [-0.25, -0.2) is 0 Å². The summed E-state index contributed by atoms with van der Waals surface area (Å²) in [5.74, 6) is 0.548. The summed E-state index contributed by atoms with van der Waals surface area (Å²) in [7, 11) is 0. The van der Waals surface area contributed by atoms with E-state index in [0.29, 0.717) is 36.2 Å². The van der Waals surface area contributed by atoms with Crippen LogP contribution in [0.3, 0.4) is 0 Å². The number of rotatable bonds is 6. The van der Waals surface area contributed by atoms with E-state index in [1.807, 2.05) is 0 Å². The van der Waals surface area contributed by atoms with Gasteiger partial charge in [0.1, 0.15) is 11.5 Å². The molecular formula is C16H23ClF3N5. The third kappa shape index (κ3) is 4.89. The lowest BCUT2D eigenvalue weighted by atomic mass is 10.0. The molecule has 0 radical (unpaired) electrons. The van der Waals surface area contributed by atoms with Gasteiger partial charge >= 0.3 is 6.18 Å². The van der Waals surface area contributed by atoms with E-state index in [9.17, 15) is 13.2 Å². The van der Waals surface area contributed by atoms with Crippen LogP contribution in [0.25, 0.3) is 0 Å². The topological polar surface area (TPSA) is 75.6 Å². The third-order valence-electron chi connectivity index (χ3n) is 4.70. The van der Waals surface area contributed by atoms with E-state index in [2.05, 4.69) is 20.5 Å². The summed E-state index contributed by atoms with van der Waals surface area (Å²) in [6.45, 7) is 3.67. The summed E-state index contributed by atoms with van der Waals surface area (Å²) in [5, 5.41) is 6.63. The number of nitrogens with one attached hydrogen (secondary N) is 2. The molecule has 25 heavy (non-hydrogen) atoms. The van der Waals surface area contributed by atoms with Crippen LogP contribution in [0.1, 0.15) is 25.7 Å². The van der Waals surface area contributed by atoms with Gasteiger partial charge < -0.3 is 11.1 Å². The Morgan fingerprint density at radius 2 is 2.04 bits per heavy atom. The van der Waals surface area contributed by atoms with Gasteiger partial charge in [-0.3, -0.25) is 15.2 Å². The summed E-state index contributed by atoms with van der Waals surface area (Å²) in [5.41, 5.74) is 5.18. The molecule has 0 bridgehead atoms. The highest BCUT2D eigenvalue weighted by Crippen LogP contribution is 2.36. The number of halogens is 4. The Hall–Kier alpha value is -1.25. The van der Waals surface area contributed by atoms with Gasteiger partial charge in [0.2, 0.25) is 0 Å². The molecule has 2 fully saturated rings. The molecule has 0 aromatic heterocycles. The van der Waals surface area contributed by atoms with E-state index < -0.39 is 17.4 Å². The van der Waals surface area contributed by atoms with Crippen molar-refractivity contribution < 1.29 is 13.2 Å². The zero-order valence-electron chi connectivity index (χ0n) is 13.9. The lowest BCUT2D eigenvalue weighted by Gasteiger charge is -2.23. The van der Waals surface area contributed by atoms with Gasteiger partial charge in [0.05, 0.1) is 18.8 Å². The first-order valence-electron chi connectivity index (χ1n) is 8.48. The number of likely N-dealkylation sites (tertiary alicyclic amines) is 1. The predicted molar refractivity (Wildman–Crippen MR) is 92.3 cm³/mol. The van der Waals surface area contributed by atoms with E-state index in [-0.39, 0.29) is 12.8 Å². The van der Waals surface area contributed by atoms with Crippen LogP contribution in [-0.2, 0) is 0 Å². The molecule has 2 aliphatic heterocycles. The zero-order valence-corrected chi connectivity index (χ0v) is 14.7. The average Bonchev–Trinajstić information content (AvgIpc) is 3.11. The zero-order chi connectivity index (χ0) is 18.1. The molecule has 0 saturated carbocycles. The quantitative estimate of drug-likeness (QED) is 0.376. The molecule has 140 valence electrons. The normalized spacial score (nSPS) is 28.3. The van der Waals surface area contributed by atoms with Crippen LogP contribution in [0.5, 0.6) is 0 Å². The summed E-state index contributed by atoms with van der Waals surface area (Å²) in [6.07, 6.45) is -0.764. The Balaban J connectivity index is 1.60. The lowest BCUT2D eigenvalue weighted by Crippen LogP contribution is -2.40. The number of nitrogens with two attached hydrogens (primary N) is 1. The molecular weight excluding hydrogens is 355 g/mol. The fourth-order valence-electron chi connectivity index (χ4n) is 3.09. The van der Waals surface area contributed by atoms with Gasteiger partial charge in [0, 0.05) is 17.2 Å². The number of aliphatic imine (C=N–C) groups is 1. The minimum Gasteiger partial charge on any atom is -0.386 e. The van der Waals surface area contributed by atoms with E-state index in [1.54, 1.807) is 0 Å². The van der Waals surface area contributed by atoms with Crippen LogP contribution in [0.15, 0.2) is 27.4 Å².